The summed E-state index contributed by atoms with van der Waals surface area (Å²) in [5.41, 5.74) is 1.54. The number of benzene rings is 1. The van der Waals surface area contributed by atoms with Gasteiger partial charge in [-0.3, -0.25) is 0 Å². The minimum Gasteiger partial charge on any atom is -0.489 e. The first-order valence-electron chi connectivity index (χ1n) is 6.66. The lowest BCUT2D eigenvalue weighted by molar-refractivity contribution is 0.294. The molecule has 0 atom stereocenters. The molecule has 0 unspecified atom stereocenters. The van der Waals surface area contributed by atoms with Crippen LogP contribution in [0.5, 0.6) is 5.75 Å². The Labute approximate surface area is 109 Å². The second-order valence-corrected chi connectivity index (χ2v) is 5.61. The van der Waals surface area contributed by atoms with E-state index in [4.69, 9.17) is 4.74 Å². The van der Waals surface area contributed by atoms with Crippen molar-refractivity contribution in [3.63, 3.8) is 0 Å². The van der Waals surface area contributed by atoms with Gasteiger partial charge in [0.2, 0.25) is 0 Å². The van der Waals surface area contributed by atoms with Crippen LogP contribution in [0.1, 0.15) is 39.5 Å². The van der Waals surface area contributed by atoms with Gasteiger partial charge in [-0.15, -0.1) is 0 Å². The molecule has 1 aliphatic carbocycles. The summed E-state index contributed by atoms with van der Waals surface area (Å²) < 4.78 is 18.8. The Kier molecular flexibility index (Phi) is 4.05. The molecule has 0 saturated carbocycles. The predicted molar refractivity (Wildman–Crippen MR) is 72.2 cm³/mol. The van der Waals surface area contributed by atoms with Crippen LogP contribution >= 0.6 is 0 Å². The largest absolute Gasteiger partial charge is 0.489 e. The Bertz CT molecular complexity index is 434. The fourth-order valence-electron chi connectivity index (χ4n) is 2.40. The SMILES string of the molecule is CC1(C)CCCCC=C1COc1cccc(F)c1. The van der Waals surface area contributed by atoms with Crippen molar-refractivity contribution in [2.24, 2.45) is 5.41 Å². The first-order valence-corrected chi connectivity index (χ1v) is 6.66. The molecule has 18 heavy (non-hydrogen) atoms. The third kappa shape index (κ3) is 3.34. The summed E-state index contributed by atoms with van der Waals surface area (Å²) in [6, 6.07) is 6.34. The fourth-order valence-corrected chi connectivity index (χ4v) is 2.40. The highest BCUT2D eigenvalue weighted by Gasteiger charge is 2.24. The zero-order chi connectivity index (χ0) is 13.0. The molecule has 0 bridgehead atoms. The van der Waals surface area contributed by atoms with Crippen LogP contribution in [0.25, 0.3) is 0 Å². The monoisotopic (exact) mass is 248 g/mol. The van der Waals surface area contributed by atoms with Crippen molar-refractivity contribution in [1.82, 2.24) is 0 Å². The van der Waals surface area contributed by atoms with E-state index in [1.807, 2.05) is 0 Å². The molecular weight excluding hydrogens is 227 g/mol. The van der Waals surface area contributed by atoms with E-state index in [1.165, 1.54) is 37.0 Å². The van der Waals surface area contributed by atoms with Gasteiger partial charge < -0.3 is 4.74 Å². The lowest BCUT2D eigenvalue weighted by Gasteiger charge is -2.27. The number of allylic oxidation sites excluding steroid dienone is 1. The molecule has 1 aliphatic rings. The van der Waals surface area contributed by atoms with Gasteiger partial charge in [-0.25, -0.2) is 4.39 Å². The third-order valence-electron chi connectivity index (χ3n) is 3.71. The van der Waals surface area contributed by atoms with Gasteiger partial charge in [0, 0.05) is 6.07 Å². The standard InChI is InChI=1S/C16H21FO/c1-16(2)10-5-3-4-7-13(16)12-18-15-9-6-8-14(17)11-15/h6-9,11H,3-5,10,12H2,1-2H3. The summed E-state index contributed by atoms with van der Waals surface area (Å²) >= 11 is 0. The van der Waals surface area contributed by atoms with E-state index in [9.17, 15) is 4.39 Å². The quantitative estimate of drug-likeness (QED) is 0.702. The molecule has 0 spiro atoms. The van der Waals surface area contributed by atoms with Crippen LogP contribution < -0.4 is 4.74 Å². The van der Waals surface area contributed by atoms with Gasteiger partial charge in [0.1, 0.15) is 18.2 Å². The Morgan fingerprint density at radius 3 is 2.89 bits per heavy atom. The molecule has 0 radical (unpaired) electrons. The van der Waals surface area contributed by atoms with Crippen LogP contribution in [0.15, 0.2) is 35.9 Å². The van der Waals surface area contributed by atoms with Gasteiger partial charge >= 0.3 is 0 Å². The van der Waals surface area contributed by atoms with Crippen molar-refractivity contribution in [1.29, 1.82) is 0 Å². The van der Waals surface area contributed by atoms with Crippen molar-refractivity contribution in [3.8, 4) is 5.75 Å². The van der Waals surface area contributed by atoms with Crippen LogP contribution in [0.2, 0.25) is 0 Å². The maximum Gasteiger partial charge on any atom is 0.126 e. The summed E-state index contributed by atoms with van der Waals surface area (Å²) in [4.78, 5) is 0. The van der Waals surface area contributed by atoms with Crippen LogP contribution in [0.3, 0.4) is 0 Å². The Morgan fingerprint density at radius 2 is 2.11 bits per heavy atom. The van der Waals surface area contributed by atoms with E-state index in [0.717, 1.165) is 6.42 Å². The highest BCUT2D eigenvalue weighted by atomic mass is 19.1. The molecule has 1 aromatic carbocycles. The van der Waals surface area contributed by atoms with Crippen molar-refractivity contribution >= 4 is 0 Å². The van der Waals surface area contributed by atoms with Gasteiger partial charge in [-0.2, -0.15) is 0 Å². The normalized spacial score (nSPS) is 18.9. The van der Waals surface area contributed by atoms with Gasteiger partial charge in [0.05, 0.1) is 0 Å². The zero-order valence-electron chi connectivity index (χ0n) is 11.2. The molecule has 2 rings (SSSR count). The van der Waals surface area contributed by atoms with Crippen LogP contribution in [-0.4, -0.2) is 6.61 Å². The van der Waals surface area contributed by atoms with E-state index in [1.54, 1.807) is 12.1 Å². The smallest absolute Gasteiger partial charge is 0.126 e. The Hall–Kier alpha value is -1.31. The molecule has 0 saturated heterocycles. The predicted octanol–water partition coefficient (Wildman–Crippen LogP) is 4.73. The number of ether oxygens (including phenoxy) is 1. The molecule has 0 aromatic heterocycles. The van der Waals surface area contributed by atoms with Crippen molar-refractivity contribution in [2.75, 3.05) is 6.61 Å². The van der Waals surface area contributed by atoms with E-state index < -0.39 is 0 Å². The molecule has 0 fully saturated rings. The van der Waals surface area contributed by atoms with Crippen molar-refractivity contribution < 1.29 is 9.13 Å². The first kappa shape index (κ1) is 13.1. The molecule has 98 valence electrons. The van der Waals surface area contributed by atoms with Crippen LogP contribution in [0, 0.1) is 11.2 Å². The molecule has 1 nitrogen and oxygen atoms in total. The lowest BCUT2D eigenvalue weighted by Crippen LogP contribution is -2.19. The van der Waals surface area contributed by atoms with Gasteiger partial charge in [-0.05, 0) is 42.4 Å². The number of hydrogen-bond acceptors (Lipinski definition) is 1. The van der Waals surface area contributed by atoms with Crippen molar-refractivity contribution in [2.45, 2.75) is 39.5 Å². The molecular formula is C16H21FO. The van der Waals surface area contributed by atoms with E-state index in [2.05, 4.69) is 19.9 Å². The number of hydrogen-bond donors (Lipinski definition) is 0. The maximum absolute atomic E-state index is 13.1. The second kappa shape index (κ2) is 5.55. The van der Waals surface area contributed by atoms with Gasteiger partial charge in [0.15, 0.2) is 0 Å². The lowest BCUT2D eigenvalue weighted by atomic mass is 9.81. The molecule has 0 N–H and O–H groups in total. The highest BCUT2D eigenvalue weighted by Crippen LogP contribution is 2.35. The van der Waals surface area contributed by atoms with Gasteiger partial charge in [-0.1, -0.05) is 32.4 Å². The third-order valence-corrected chi connectivity index (χ3v) is 3.71. The van der Waals surface area contributed by atoms with E-state index in [-0.39, 0.29) is 11.2 Å². The molecule has 0 aliphatic heterocycles. The number of rotatable bonds is 3. The topological polar surface area (TPSA) is 9.23 Å². The van der Waals surface area contributed by atoms with E-state index >= 15 is 0 Å². The highest BCUT2D eigenvalue weighted by molar-refractivity contribution is 5.24. The number of halogens is 1. The average Bonchev–Trinajstić information content (AvgIpc) is 2.48. The minimum absolute atomic E-state index is 0.198. The second-order valence-electron chi connectivity index (χ2n) is 5.61. The summed E-state index contributed by atoms with van der Waals surface area (Å²) in [5, 5.41) is 0. The summed E-state index contributed by atoms with van der Waals surface area (Å²) in [6.07, 6.45) is 7.16. The van der Waals surface area contributed by atoms with Crippen LogP contribution in [0.4, 0.5) is 4.39 Å². The first-order chi connectivity index (χ1) is 8.58. The average molecular weight is 248 g/mol. The summed E-state index contributed by atoms with van der Waals surface area (Å²) in [7, 11) is 0. The van der Waals surface area contributed by atoms with Gasteiger partial charge in [0.25, 0.3) is 0 Å². The fraction of sp³-hybridized carbons (Fsp3) is 0.500. The molecule has 0 amide bonds. The zero-order valence-corrected chi connectivity index (χ0v) is 11.2. The maximum atomic E-state index is 13.1. The Balaban J connectivity index is 2.02. The van der Waals surface area contributed by atoms with Crippen molar-refractivity contribution in [3.05, 3.63) is 41.7 Å². The molecule has 0 heterocycles. The van der Waals surface area contributed by atoms with E-state index in [0.29, 0.717) is 12.4 Å². The van der Waals surface area contributed by atoms with Crippen LogP contribution in [-0.2, 0) is 0 Å². The minimum atomic E-state index is -0.249. The Morgan fingerprint density at radius 1 is 1.28 bits per heavy atom. The summed E-state index contributed by atoms with van der Waals surface area (Å²) in [5.74, 6) is 0.359. The molecule has 2 heteroatoms. The summed E-state index contributed by atoms with van der Waals surface area (Å²) in [6.45, 7) is 5.09. The molecule has 1 aromatic rings.